The van der Waals surface area contributed by atoms with Crippen LogP contribution in [0.1, 0.15) is 130 Å². The predicted octanol–water partition coefficient (Wildman–Crippen LogP) is 19.3. The Morgan fingerprint density at radius 2 is 0.676 bits per heavy atom. The first kappa shape index (κ1) is 46.7. The number of nitrogens with zero attached hydrogens (tertiary/aromatic N) is 1. The first-order valence-corrected chi connectivity index (χ1v) is 24.7. The highest BCUT2D eigenvalue weighted by Crippen LogP contribution is 2.51. The Kier molecular flexibility index (Phi) is 11.6. The fourth-order valence-corrected chi connectivity index (χ4v) is 9.98. The van der Waals surface area contributed by atoms with Crippen LogP contribution in [0.2, 0.25) is 0 Å². The van der Waals surface area contributed by atoms with E-state index in [1.807, 2.05) is 0 Å². The van der Waals surface area contributed by atoms with Crippen LogP contribution in [0.3, 0.4) is 0 Å². The van der Waals surface area contributed by atoms with E-state index in [1.54, 1.807) is 0 Å². The summed E-state index contributed by atoms with van der Waals surface area (Å²) in [6.45, 7) is 32.7. The maximum absolute atomic E-state index is 2.44. The molecular weight excluding hydrogens is 819 g/mol. The van der Waals surface area contributed by atoms with Crippen molar-refractivity contribution >= 4 is 17.1 Å². The molecular formula is C67H71N. The quantitative estimate of drug-likeness (QED) is 0.154. The third-order valence-electron chi connectivity index (χ3n) is 14.4. The summed E-state index contributed by atoms with van der Waals surface area (Å²) in [5, 5.41) is 0. The molecule has 8 aromatic rings. The average Bonchev–Trinajstić information content (AvgIpc) is 3.53. The van der Waals surface area contributed by atoms with E-state index in [-0.39, 0.29) is 27.1 Å². The van der Waals surface area contributed by atoms with Gasteiger partial charge in [-0.25, -0.2) is 0 Å². The van der Waals surface area contributed by atoms with Gasteiger partial charge in [0.2, 0.25) is 0 Å². The van der Waals surface area contributed by atoms with E-state index in [9.17, 15) is 0 Å². The highest BCUT2D eigenvalue weighted by atomic mass is 15.1. The number of hydrogen-bond donors (Lipinski definition) is 0. The Morgan fingerprint density at radius 1 is 0.279 bits per heavy atom. The summed E-state index contributed by atoms with van der Waals surface area (Å²) in [4.78, 5) is 2.44. The maximum atomic E-state index is 2.44. The molecule has 1 heteroatoms. The van der Waals surface area contributed by atoms with Crippen molar-refractivity contribution in [1.82, 2.24) is 0 Å². The van der Waals surface area contributed by atoms with Crippen molar-refractivity contribution < 1.29 is 0 Å². The van der Waals surface area contributed by atoms with E-state index in [2.05, 4.69) is 278 Å². The lowest BCUT2D eigenvalue weighted by Crippen LogP contribution is -2.16. The molecule has 9 rings (SSSR count). The molecule has 1 aliphatic rings. The largest absolute Gasteiger partial charge is 0.310 e. The molecule has 0 atom stereocenters. The van der Waals surface area contributed by atoms with Crippen LogP contribution in [0.5, 0.6) is 0 Å². The van der Waals surface area contributed by atoms with Gasteiger partial charge in [-0.2, -0.15) is 0 Å². The molecule has 0 aromatic heterocycles. The molecule has 0 saturated carbocycles. The number of fused-ring (bicyclic) bond motifs is 3. The van der Waals surface area contributed by atoms with Crippen LogP contribution >= 0.6 is 0 Å². The third-order valence-corrected chi connectivity index (χ3v) is 14.4. The summed E-state index contributed by atoms with van der Waals surface area (Å²) >= 11 is 0. The lowest BCUT2D eigenvalue weighted by atomic mass is 9.77. The highest BCUT2D eigenvalue weighted by molar-refractivity contribution is 5.87. The number of benzene rings is 8. The number of rotatable bonds is 7. The maximum Gasteiger partial charge on any atom is 0.0467 e. The van der Waals surface area contributed by atoms with Gasteiger partial charge in [-0.15, -0.1) is 0 Å². The summed E-state index contributed by atoms with van der Waals surface area (Å²) in [5.74, 6) is 0. The molecule has 0 fully saturated rings. The summed E-state index contributed by atoms with van der Waals surface area (Å²) < 4.78 is 0. The van der Waals surface area contributed by atoms with Gasteiger partial charge in [-0.1, -0.05) is 224 Å². The Morgan fingerprint density at radius 3 is 1.21 bits per heavy atom. The summed E-state index contributed by atoms with van der Waals surface area (Å²) in [5.41, 5.74) is 23.9. The molecule has 0 aliphatic heterocycles. The molecule has 1 nitrogen and oxygen atoms in total. The van der Waals surface area contributed by atoms with Crippen LogP contribution < -0.4 is 4.90 Å². The Balaban J connectivity index is 1.17. The minimum Gasteiger partial charge on any atom is -0.310 e. The van der Waals surface area contributed by atoms with Crippen molar-refractivity contribution in [2.75, 3.05) is 4.90 Å². The third kappa shape index (κ3) is 9.13. The molecule has 0 N–H and O–H groups in total. The monoisotopic (exact) mass is 890 g/mol. The van der Waals surface area contributed by atoms with Gasteiger partial charge in [0.25, 0.3) is 0 Å². The second kappa shape index (κ2) is 17.0. The van der Waals surface area contributed by atoms with Crippen LogP contribution in [-0.2, 0) is 27.1 Å². The van der Waals surface area contributed by atoms with Crippen molar-refractivity contribution in [1.29, 1.82) is 0 Å². The lowest BCUT2D eigenvalue weighted by Gasteiger charge is -2.29. The molecule has 344 valence electrons. The molecule has 0 radical (unpaired) electrons. The fourth-order valence-electron chi connectivity index (χ4n) is 9.98. The minimum absolute atomic E-state index is 0.0276. The normalized spacial score (nSPS) is 13.6. The first-order chi connectivity index (χ1) is 31.9. The molecule has 68 heavy (non-hydrogen) atoms. The van der Waals surface area contributed by atoms with Gasteiger partial charge in [0.1, 0.15) is 0 Å². The zero-order chi connectivity index (χ0) is 48.6. The molecule has 0 amide bonds. The van der Waals surface area contributed by atoms with Crippen molar-refractivity contribution in [2.45, 2.75) is 124 Å². The van der Waals surface area contributed by atoms with Crippen LogP contribution in [0.15, 0.2) is 176 Å². The van der Waals surface area contributed by atoms with Crippen molar-refractivity contribution in [3.05, 3.63) is 209 Å². The number of hydrogen-bond acceptors (Lipinski definition) is 1. The van der Waals surface area contributed by atoms with Gasteiger partial charge >= 0.3 is 0 Å². The van der Waals surface area contributed by atoms with Crippen LogP contribution in [-0.4, -0.2) is 0 Å². The SMILES string of the molecule is CC(C)(C)c1cc(-c2ccc(N(c3cccc(-c4ccccc4)c3)c3ccc4c(c3)C(C)(C)c3ccccc3-4)cc2)cc(-c2cc(-c3cc(C(C)(C)C)cc(C(C)(C)C)c3)cc(C(C)(C)C)c2)c1. The second-order valence-electron chi connectivity index (χ2n) is 24.1. The van der Waals surface area contributed by atoms with Gasteiger partial charge in [0, 0.05) is 22.5 Å². The molecule has 0 unspecified atom stereocenters. The van der Waals surface area contributed by atoms with Gasteiger partial charge in [0.15, 0.2) is 0 Å². The topological polar surface area (TPSA) is 3.24 Å². The fraction of sp³-hybridized carbons (Fsp3) is 0.284. The molecule has 8 aromatic carbocycles. The smallest absolute Gasteiger partial charge is 0.0467 e. The van der Waals surface area contributed by atoms with Crippen molar-refractivity contribution in [3.63, 3.8) is 0 Å². The average molecular weight is 890 g/mol. The standard InChI is InChI=1S/C67H71N/c1-63(2,3)52-35-47(33-48(36-52)49-34-50(38-53(37-49)64(4,5)6)51-39-54(65(7,8)9)42-55(40-51)66(10,11)12)45-27-29-56(30-28-45)68(57-24-20-23-46(41-57)44-21-16-15-17-22-44)58-31-32-60-59-25-18-19-26-61(59)67(13,14)62(60)43-58/h15-43H,1-14H3. The Labute approximate surface area is 409 Å². The minimum atomic E-state index is -0.113. The highest BCUT2D eigenvalue weighted by Gasteiger charge is 2.36. The van der Waals surface area contributed by atoms with E-state index < -0.39 is 0 Å². The molecule has 1 aliphatic carbocycles. The van der Waals surface area contributed by atoms with Gasteiger partial charge in [-0.05, 0) is 159 Å². The van der Waals surface area contributed by atoms with E-state index in [0.717, 1.165) is 17.1 Å². The van der Waals surface area contributed by atoms with E-state index >= 15 is 0 Å². The molecule has 0 heterocycles. The van der Waals surface area contributed by atoms with E-state index in [4.69, 9.17) is 0 Å². The number of anilines is 3. The predicted molar refractivity (Wildman–Crippen MR) is 295 cm³/mol. The van der Waals surface area contributed by atoms with Crippen LogP contribution in [0, 0.1) is 0 Å². The van der Waals surface area contributed by atoms with Gasteiger partial charge in [-0.3, -0.25) is 0 Å². The van der Waals surface area contributed by atoms with Gasteiger partial charge < -0.3 is 4.90 Å². The van der Waals surface area contributed by atoms with Crippen LogP contribution in [0.25, 0.3) is 55.6 Å². The Bertz CT molecular complexity index is 3120. The summed E-state index contributed by atoms with van der Waals surface area (Å²) in [7, 11) is 0. The molecule has 0 saturated heterocycles. The second-order valence-corrected chi connectivity index (χ2v) is 24.1. The van der Waals surface area contributed by atoms with Crippen molar-refractivity contribution in [2.24, 2.45) is 0 Å². The molecule has 0 spiro atoms. The van der Waals surface area contributed by atoms with Crippen LogP contribution in [0.4, 0.5) is 17.1 Å². The molecule has 0 bridgehead atoms. The summed E-state index contributed by atoms with van der Waals surface area (Å²) in [6.07, 6.45) is 0. The van der Waals surface area contributed by atoms with Crippen molar-refractivity contribution in [3.8, 4) is 55.6 Å². The van der Waals surface area contributed by atoms with Gasteiger partial charge in [0.05, 0.1) is 0 Å². The van der Waals surface area contributed by atoms with E-state index in [0.29, 0.717) is 0 Å². The lowest BCUT2D eigenvalue weighted by molar-refractivity contribution is 0.569. The van der Waals surface area contributed by atoms with E-state index in [1.165, 1.54) is 89.0 Å². The Hall–Kier alpha value is -6.44. The summed E-state index contributed by atoms with van der Waals surface area (Å²) in [6, 6.07) is 66.8. The zero-order valence-electron chi connectivity index (χ0n) is 43.2. The zero-order valence-corrected chi connectivity index (χ0v) is 43.2. The first-order valence-electron chi connectivity index (χ1n) is 24.7.